The predicted molar refractivity (Wildman–Crippen MR) is 70.8 cm³/mol. The molecule has 0 radical (unpaired) electrons. The molecule has 18 heavy (non-hydrogen) atoms. The first kappa shape index (κ1) is 13.0. The zero-order valence-corrected chi connectivity index (χ0v) is 11.0. The Kier molecular flexibility index (Phi) is 3.91. The van der Waals surface area contributed by atoms with Crippen molar-refractivity contribution in [1.29, 1.82) is 0 Å². The van der Waals surface area contributed by atoms with Crippen molar-refractivity contribution in [2.75, 3.05) is 11.9 Å². The molecule has 0 atom stereocenters. The number of anilines is 1. The number of nitrogens with zero attached hydrogens (tertiary/aromatic N) is 1. The van der Waals surface area contributed by atoms with Crippen LogP contribution in [0.4, 0.5) is 13.9 Å². The summed E-state index contributed by atoms with van der Waals surface area (Å²) in [6.45, 7) is 5.02. The molecule has 1 heterocycles. The van der Waals surface area contributed by atoms with E-state index in [0.717, 1.165) is 17.7 Å². The molecule has 5 heteroatoms. The third-order valence-electron chi connectivity index (χ3n) is 2.37. The van der Waals surface area contributed by atoms with Crippen LogP contribution in [0.1, 0.15) is 13.8 Å². The molecule has 0 unspecified atom stereocenters. The summed E-state index contributed by atoms with van der Waals surface area (Å²) in [5, 5.41) is 5.69. The van der Waals surface area contributed by atoms with Crippen LogP contribution in [0.15, 0.2) is 23.6 Å². The quantitative estimate of drug-likeness (QED) is 0.900. The van der Waals surface area contributed by atoms with E-state index in [2.05, 4.69) is 24.1 Å². The van der Waals surface area contributed by atoms with E-state index in [0.29, 0.717) is 17.2 Å². The van der Waals surface area contributed by atoms with Gasteiger partial charge in [0.25, 0.3) is 0 Å². The summed E-state index contributed by atoms with van der Waals surface area (Å²) >= 11 is 1.42. The first-order valence-electron chi connectivity index (χ1n) is 5.71. The number of nitrogens with one attached hydrogen (secondary N) is 1. The van der Waals surface area contributed by atoms with Crippen molar-refractivity contribution in [1.82, 2.24) is 4.98 Å². The van der Waals surface area contributed by atoms with Crippen LogP contribution in [0.5, 0.6) is 0 Å². The minimum Gasteiger partial charge on any atom is -0.361 e. The molecule has 2 rings (SSSR count). The highest BCUT2D eigenvalue weighted by atomic mass is 32.1. The fraction of sp³-hybridized carbons (Fsp3) is 0.308. The summed E-state index contributed by atoms with van der Waals surface area (Å²) in [4.78, 5) is 4.29. The minimum atomic E-state index is -0.587. The second-order valence-electron chi connectivity index (χ2n) is 4.44. The van der Waals surface area contributed by atoms with Crippen LogP contribution in [0.3, 0.4) is 0 Å². The van der Waals surface area contributed by atoms with E-state index in [4.69, 9.17) is 0 Å². The molecule has 0 aliphatic rings. The molecule has 0 saturated carbocycles. The number of thiazole rings is 1. The maximum absolute atomic E-state index is 13.6. The van der Waals surface area contributed by atoms with E-state index in [9.17, 15) is 8.78 Å². The van der Waals surface area contributed by atoms with E-state index in [-0.39, 0.29) is 0 Å². The largest absolute Gasteiger partial charge is 0.361 e. The van der Waals surface area contributed by atoms with Crippen LogP contribution in [-0.2, 0) is 0 Å². The molecule has 1 N–H and O–H groups in total. The van der Waals surface area contributed by atoms with Gasteiger partial charge in [0, 0.05) is 23.6 Å². The normalized spacial score (nSPS) is 10.9. The van der Waals surface area contributed by atoms with Gasteiger partial charge in [0.05, 0.1) is 5.69 Å². The third-order valence-corrected chi connectivity index (χ3v) is 3.17. The van der Waals surface area contributed by atoms with E-state index < -0.39 is 11.6 Å². The molecule has 2 aromatic rings. The molecule has 0 aliphatic heterocycles. The number of rotatable bonds is 4. The lowest BCUT2D eigenvalue weighted by molar-refractivity contribution is 0.585. The lowest BCUT2D eigenvalue weighted by Gasteiger charge is -2.04. The summed E-state index contributed by atoms with van der Waals surface area (Å²) in [5.74, 6) is -0.653. The van der Waals surface area contributed by atoms with Crippen LogP contribution in [0.25, 0.3) is 11.3 Å². The SMILES string of the molecule is CC(C)CNc1nc(-c2ccc(F)cc2F)cs1. The van der Waals surface area contributed by atoms with Crippen molar-refractivity contribution in [3.8, 4) is 11.3 Å². The van der Waals surface area contributed by atoms with Gasteiger partial charge in [0.1, 0.15) is 11.6 Å². The Bertz CT molecular complexity index is 538. The molecule has 2 nitrogen and oxygen atoms in total. The topological polar surface area (TPSA) is 24.9 Å². The highest BCUT2D eigenvalue weighted by molar-refractivity contribution is 7.14. The lowest BCUT2D eigenvalue weighted by Crippen LogP contribution is -2.07. The molecule has 0 bridgehead atoms. The molecule has 96 valence electrons. The molecule has 0 amide bonds. The lowest BCUT2D eigenvalue weighted by atomic mass is 10.1. The van der Waals surface area contributed by atoms with E-state index >= 15 is 0 Å². The van der Waals surface area contributed by atoms with Gasteiger partial charge in [-0.05, 0) is 18.1 Å². The highest BCUT2D eigenvalue weighted by Gasteiger charge is 2.10. The fourth-order valence-electron chi connectivity index (χ4n) is 1.47. The highest BCUT2D eigenvalue weighted by Crippen LogP contribution is 2.27. The Hall–Kier alpha value is -1.49. The average Bonchev–Trinajstić information content (AvgIpc) is 2.75. The van der Waals surface area contributed by atoms with Crippen LogP contribution in [-0.4, -0.2) is 11.5 Å². The first-order valence-corrected chi connectivity index (χ1v) is 6.59. The predicted octanol–water partition coefficient (Wildman–Crippen LogP) is 4.16. The zero-order chi connectivity index (χ0) is 13.1. The smallest absolute Gasteiger partial charge is 0.183 e. The summed E-state index contributed by atoms with van der Waals surface area (Å²) in [5.41, 5.74) is 0.856. The molecule has 1 aromatic carbocycles. The number of aromatic nitrogens is 1. The van der Waals surface area contributed by atoms with Crippen LogP contribution >= 0.6 is 11.3 Å². The number of hydrogen-bond acceptors (Lipinski definition) is 3. The summed E-state index contributed by atoms with van der Waals surface area (Å²) in [6.07, 6.45) is 0. The second-order valence-corrected chi connectivity index (χ2v) is 5.29. The van der Waals surface area contributed by atoms with Crippen molar-refractivity contribution < 1.29 is 8.78 Å². The van der Waals surface area contributed by atoms with Crippen molar-refractivity contribution >= 4 is 16.5 Å². The second kappa shape index (κ2) is 5.44. The van der Waals surface area contributed by atoms with Gasteiger partial charge in [0.15, 0.2) is 5.13 Å². The Labute approximate surface area is 109 Å². The van der Waals surface area contributed by atoms with E-state index in [1.165, 1.54) is 23.5 Å². The summed E-state index contributed by atoms with van der Waals surface area (Å²) in [6, 6.07) is 3.51. The van der Waals surface area contributed by atoms with Crippen LogP contribution < -0.4 is 5.32 Å². The Morgan fingerprint density at radius 3 is 2.78 bits per heavy atom. The molecule has 0 fully saturated rings. The van der Waals surface area contributed by atoms with Gasteiger partial charge in [0.2, 0.25) is 0 Å². The van der Waals surface area contributed by atoms with Crippen molar-refractivity contribution in [3.05, 3.63) is 35.2 Å². The Balaban J connectivity index is 2.18. The van der Waals surface area contributed by atoms with E-state index in [1.54, 1.807) is 5.38 Å². The first-order chi connectivity index (χ1) is 8.56. The maximum Gasteiger partial charge on any atom is 0.183 e. The van der Waals surface area contributed by atoms with E-state index in [1.807, 2.05) is 0 Å². The molecular weight excluding hydrogens is 254 g/mol. The van der Waals surface area contributed by atoms with Gasteiger partial charge >= 0.3 is 0 Å². The van der Waals surface area contributed by atoms with Gasteiger partial charge in [-0.3, -0.25) is 0 Å². The van der Waals surface area contributed by atoms with Gasteiger partial charge < -0.3 is 5.32 Å². The fourth-order valence-corrected chi connectivity index (χ4v) is 2.19. The zero-order valence-electron chi connectivity index (χ0n) is 10.2. The van der Waals surface area contributed by atoms with Crippen molar-refractivity contribution in [2.24, 2.45) is 5.92 Å². The minimum absolute atomic E-state index is 0.324. The summed E-state index contributed by atoms with van der Waals surface area (Å²) in [7, 11) is 0. The monoisotopic (exact) mass is 268 g/mol. The van der Waals surface area contributed by atoms with Crippen LogP contribution in [0.2, 0.25) is 0 Å². The summed E-state index contributed by atoms with van der Waals surface area (Å²) < 4.78 is 26.4. The van der Waals surface area contributed by atoms with Crippen LogP contribution in [0, 0.1) is 17.6 Å². The van der Waals surface area contributed by atoms with Crippen molar-refractivity contribution in [3.63, 3.8) is 0 Å². The molecule has 1 aromatic heterocycles. The van der Waals surface area contributed by atoms with Gasteiger partial charge in [-0.15, -0.1) is 11.3 Å². The van der Waals surface area contributed by atoms with Gasteiger partial charge in [-0.1, -0.05) is 13.8 Å². The number of hydrogen-bond donors (Lipinski definition) is 1. The number of halogens is 2. The van der Waals surface area contributed by atoms with Gasteiger partial charge in [-0.2, -0.15) is 0 Å². The molecular formula is C13H14F2N2S. The molecule has 0 aliphatic carbocycles. The Morgan fingerprint density at radius 1 is 1.33 bits per heavy atom. The average molecular weight is 268 g/mol. The maximum atomic E-state index is 13.6. The third kappa shape index (κ3) is 3.04. The standard InChI is InChI=1S/C13H14F2N2S/c1-8(2)6-16-13-17-12(7-18-13)10-4-3-9(14)5-11(10)15/h3-5,7-8H,6H2,1-2H3,(H,16,17). The van der Waals surface area contributed by atoms with Gasteiger partial charge in [-0.25, -0.2) is 13.8 Å². The molecule has 0 saturated heterocycles. The Morgan fingerprint density at radius 2 is 2.11 bits per heavy atom. The van der Waals surface area contributed by atoms with Crippen molar-refractivity contribution in [2.45, 2.75) is 13.8 Å². The number of benzene rings is 1. The molecule has 0 spiro atoms.